The number of primary amides is 1. The number of nitrogens with zero attached hydrogens (tertiary/aromatic N) is 3. The summed E-state index contributed by atoms with van der Waals surface area (Å²) >= 11 is 0. The fourth-order valence-corrected chi connectivity index (χ4v) is 2.77. The van der Waals surface area contributed by atoms with Gasteiger partial charge in [-0.1, -0.05) is 0 Å². The summed E-state index contributed by atoms with van der Waals surface area (Å²) in [6, 6.07) is -0.0849. The molecule has 2 aliphatic heterocycles. The molecule has 6 nitrogen and oxygen atoms in total. The van der Waals surface area contributed by atoms with Crippen molar-refractivity contribution in [2.75, 3.05) is 39.3 Å². The number of likely N-dealkylation sites (tertiary alicyclic amines) is 1. The van der Waals surface area contributed by atoms with Crippen molar-refractivity contribution in [1.29, 1.82) is 0 Å². The Morgan fingerprint density at radius 1 is 0.895 bits per heavy atom. The number of hydrogen-bond donors (Lipinski definition) is 1. The summed E-state index contributed by atoms with van der Waals surface area (Å²) in [5.41, 5.74) is 5.31. The van der Waals surface area contributed by atoms with E-state index in [0.29, 0.717) is 13.1 Å². The van der Waals surface area contributed by atoms with Crippen LogP contribution in [-0.2, 0) is 4.79 Å². The Labute approximate surface area is 114 Å². The molecule has 2 fully saturated rings. The minimum absolute atomic E-state index is 0.158. The molecule has 108 valence electrons. The molecule has 0 bridgehead atoms. The summed E-state index contributed by atoms with van der Waals surface area (Å²) in [5, 5.41) is 0. The maximum absolute atomic E-state index is 12.3. The van der Waals surface area contributed by atoms with Crippen molar-refractivity contribution in [1.82, 2.24) is 14.7 Å². The topological polar surface area (TPSA) is 69.9 Å². The van der Waals surface area contributed by atoms with Crippen LogP contribution in [-0.4, -0.2) is 71.9 Å². The number of urea groups is 1. The number of amides is 3. The van der Waals surface area contributed by atoms with E-state index < -0.39 is 0 Å². The standard InChI is InChI=1S/C13H24N4O2/c1-11(12(14)18)15-7-9-17(10-8-15)13(19)16-5-3-2-4-6-16/h11H,2-10H2,1H3,(H2,14,18). The summed E-state index contributed by atoms with van der Waals surface area (Å²) in [5.74, 6) is -0.296. The second-order valence-corrected chi connectivity index (χ2v) is 5.43. The van der Waals surface area contributed by atoms with Crippen molar-refractivity contribution < 1.29 is 9.59 Å². The van der Waals surface area contributed by atoms with Crippen LogP contribution in [0.3, 0.4) is 0 Å². The SMILES string of the molecule is CC(C(N)=O)N1CCN(C(=O)N2CCCCC2)CC1. The molecule has 2 saturated heterocycles. The molecule has 19 heavy (non-hydrogen) atoms. The highest BCUT2D eigenvalue weighted by atomic mass is 16.2. The molecule has 1 atom stereocenters. The molecular weight excluding hydrogens is 244 g/mol. The molecule has 0 radical (unpaired) electrons. The highest BCUT2D eigenvalue weighted by molar-refractivity contribution is 5.79. The van der Waals surface area contributed by atoms with Gasteiger partial charge in [-0.2, -0.15) is 0 Å². The first kappa shape index (κ1) is 14.1. The van der Waals surface area contributed by atoms with E-state index in [2.05, 4.69) is 0 Å². The van der Waals surface area contributed by atoms with Crippen molar-refractivity contribution in [2.24, 2.45) is 5.73 Å². The highest BCUT2D eigenvalue weighted by Gasteiger charge is 2.28. The van der Waals surface area contributed by atoms with Gasteiger partial charge in [0.05, 0.1) is 6.04 Å². The Kier molecular flexibility index (Phi) is 4.63. The lowest BCUT2D eigenvalue weighted by Gasteiger charge is -2.39. The van der Waals surface area contributed by atoms with Gasteiger partial charge in [0, 0.05) is 39.3 Å². The lowest BCUT2D eigenvalue weighted by molar-refractivity contribution is -0.123. The van der Waals surface area contributed by atoms with Gasteiger partial charge in [-0.05, 0) is 26.2 Å². The van der Waals surface area contributed by atoms with Crippen molar-refractivity contribution in [3.8, 4) is 0 Å². The molecule has 2 heterocycles. The molecule has 0 aliphatic carbocycles. The largest absolute Gasteiger partial charge is 0.368 e. The maximum atomic E-state index is 12.3. The molecule has 0 aromatic rings. The molecule has 3 amide bonds. The van der Waals surface area contributed by atoms with Crippen LogP contribution in [0.25, 0.3) is 0 Å². The zero-order chi connectivity index (χ0) is 13.8. The number of piperidine rings is 1. The Balaban J connectivity index is 1.82. The molecule has 2 rings (SSSR count). The molecule has 0 aromatic heterocycles. The number of hydrogen-bond acceptors (Lipinski definition) is 3. The molecule has 6 heteroatoms. The van der Waals surface area contributed by atoms with Crippen LogP contribution in [0.15, 0.2) is 0 Å². The van der Waals surface area contributed by atoms with Gasteiger partial charge in [0.1, 0.15) is 0 Å². The molecular formula is C13H24N4O2. The van der Waals surface area contributed by atoms with E-state index >= 15 is 0 Å². The van der Waals surface area contributed by atoms with E-state index in [4.69, 9.17) is 5.73 Å². The first-order chi connectivity index (χ1) is 9.09. The second kappa shape index (κ2) is 6.23. The van der Waals surface area contributed by atoms with Crippen LogP contribution in [0.4, 0.5) is 4.79 Å². The van der Waals surface area contributed by atoms with E-state index in [1.165, 1.54) is 6.42 Å². The maximum Gasteiger partial charge on any atom is 0.320 e. The predicted molar refractivity (Wildman–Crippen MR) is 72.6 cm³/mol. The lowest BCUT2D eigenvalue weighted by Crippen LogP contribution is -2.56. The van der Waals surface area contributed by atoms with Crippen LogP contribution >= 0.6 is 0 Å². The van der Waals surface area contributed by atoms with Crippen LogP contribution in [0.2, 0.25) is 0 Å². The van der Waals surface area contributed by atoms with Crippen molar-refractivity contribution in [3.63, 3.8) is 0 Å². The van der Waals surface area contributed by atoms with Gasteiger partial charge >= 0.3 is 6.03 Å². The number of piperazine rings is 1. The molecule has 0 spiro atoms. The highest BCUT2D eigenvalue weighted by Crippen LogP contribution is 2.13. The van der Waals surface area contributed by atoms with Gasteiger partial charge in [-0.15, -0.1) is 0 Å². The first-order valence-electron chi connectivity index (χ1n) is 7.17. The van der Waals surface area contributed by atoms with Gasteiger partial charge in [0.2, 0.25) is 5.91 Å². The van der Waals surface area contributed by atoms with E-state index in [9.17, 15) is 9.59 Å². The fraction of sp³-hybridized carbons (Fsp3) is 0.846. The second-order valence-electron chi connectivity index (χ2n) is 5.43. The van der Waals surface area contributed by atoms with Gasteiger partial charge in [-0.25, -0.2) is 4.79 Å². The molecule has 2 N–H and O–H groups in total. The molecule has 2 aliphatic rings. The van der Waals surface area contributed by atoms with Crippen LogP contribution in [0, 0.1) is 0 Å². The third kappa shape index (κ3) is 3.37. The Hall–Kier alpha value is -1.30. The van der Waals surface area contributed by atoms with E-state index in [1.807, 2.05) is 21.6 Å². The summed E-state index contributed by atoms with van der Waals surface area (Å²) in [6.45, 7) is 6.42. The molecule has 1 unspecified atom stereocenters. The van der Waals surface area contributed by atoms with Gasteiger partial charge in [-0.3, -0.25) is 9.69 Å². The predicted octanol–water partition coefficient (Wildman–Crippen LogP) is 0.0837. The summed E-state index contributed by atoms with van der Waals surface area (Å²) in [4.78, 5) is 29.4. The summed E-state index contributed by atoms with van der Waals surface area (Å²) < 4.78 is 0. The minimum atomic E-state index is -0.296. The number of rotatable bonds is 2. The third-order valence-electron chi connectivity index (χ3n) is 4.17. The van der Waals surface area contributed by atoms with Crippen LogP contribution in [0.5, 0.6) is 0 Å². The Morgan fingerprint density at radius 3 is 1.95 bits per heavy atom. The zero-order valence-corrected chi connectivity index (χ0v) is 11.7. The van der Waals surface area contributed by atoms with Crippen molar-refractivity contribution in [2.45, 2.75) is 32.2 Å². The zero-order valence-electron chi connectivity index (χ0n) is 11.7. The normalized spacial score (nSPS) is 23.2. The average Bonchev–Trinajstić information content (AvgIpc) is 2.46. The first-order valence-corrected chi connectivity index (χ1v) is 7.17. The van der Waals surface area contributed by atoms with E-state index in [-0.39, 0.29) is 18.0 Å². The van der Waals surface area contributed by atoms with Gasteiger partial charge < -0.3 is 15.5 Å². The molecule has 0 aromatic carbocycles. The summed E-state index contributed by atoms with van der Waals surface area (Å²) in [6.07, 6.45) is 3.46. The van der Waals surface area contributed by atoms with Gasteiger partial charge in [0.25, 0.3) is 0 Å². The quantitative estimate of drug-likeness (QED) is 0.771. The van der Waals surface area contributed by atoms with Gasteiger partial charge in [0.15, 0.2) is 0 Å². The number of carbonyl (C=O) groups excluding carboxylic acids is 2. The average molecular weight is 268 g/mol. The lowest BCUT2D eigenvalue weighted by atomic mass is 10.1. The smallest absolute Gasteiger partial charge is 0.320 e. The van der Waals surface area contributed by atoms with Crippen molar-refractivity contribution >= 4 is 11.9 Å². The monoisotopic (exact) mass is 268 g/mol. The Bertz CT molecular complexity index is 334. The fourth-order valence-electron chi connectivity index (χ4n) is 2.77. The van der Waals surface area contributed by atoms with Crippen LogP contribution in [0.1, 0.15) is 26.2 Å². The minimum Gasteiger partial charge on any atom is -0.368 e. The number of nitrogens with two attached hydrogens (primary N) is 1. The van der Waals surface area contributed by atoms with Crippen molar-refractivity contribution in [3.05, 3.63) is 0 Å². The van der Waals surface area contributed by atoms with E-state index in [0.717, 1.165) is 39.0 Å². The summed E-state index contributed by atoms with van der Waals surface area (Å²) in [7, 11) is 0. The van der Waals surface area contributed by atoms with Crippen LogP contribution < -0.4 is 5.73 Å². The van der Waals surface area contributed by atoms with E-state index in [1.54, 1.807) is 0 Å². The number of carbonyl (C=O) groups is 2. The molecule has 0 saturated carbocycles. The Morgan fingerprint density at radius 2 is 1.42 bits per heavy atom. The third-order valence-corrected chi connectivity index (χ3v) is 4.17.